The van der Waals surface area contributed by atoms with E-state index in [1.165, 1.54) is 0 Å². The lowest BCUT2D eigenvalue weighted by atomic mass is 10.1. The molecular weight excluding hydrogens is 990 g/mol. The summed E-state index contributed by atoms with van der Waals surface area (Å²) in [5.41, 5.74) is 0. The lowest BCUT2D eigenvalue weighted by Crippen LogP contribution is -2.37. The van der Waals surface area contributed by atoms with Crippen molar-refractivity contribution < 1.29 is 42.1 Å². The van der Waals surface area contributed by atoms with Gasteiger partial charge in [0.15, 0.2) is 6.10 Å². The van der Waals surface area contributed by atoms with E-state index in [1.807, 2.05) is 21.1 Å². The summed E-state index contributed by atoms with van der Waals surface area (Å²) in [5.74, 6) is -0.927. The Morgan fingerprint density at radius 3 is 1.04 bits per heavy atom. The van der Waals surface area contributed by atoms with E-state index in [4.69, 9.17) is 18.5 Å². The molecule has 0 radical (unpaired) electrons. The van der Waals surface area contributed by atoms with Gasteiger partial charge < -0.3 is 18.9 Å². The zero-order chi connectivity index (χ0) is 57.0. The summed E-state index contributed by atoms with van der Waals surface area (Å²) in [7, 11) is 1.39. The third kappa shape index (κ3) is 60.1. The fourth-order valence-electron chi connectivity index (χ4n) is 6.70. The Morgan fingerprint density at radius 1 is 0.397 bits per heavy atom. The second-order valence-corrected chi connectivity index (χ2v) is 21.0. The largest absolute Gasteiger partial charge is 0.472 e. The van der Waals surface area contributed by atoms with Crippen molar-refractivity contribution >= 4 is 19.8 Å². The Labute approximate surface area is 475 Å². The van der Waals surface area contributed by atoms with Crippen molar-refractivity contribution in [2.45, 2.75) is 174 Å². The van der Waals surface area contributed by atoms with E-state index >= 15 is 0 Å². The van der Waals surface area contributed by atoms with Gasteiger partial charge in [0, 0.05) is 12.8 Å². The Kier molecular flexibility index (Phi) is 52.8. The van der Waals surface area contributed by atoms with Crippen molar-refractivity contribution in [2.75, 3.05) is 47.5 Å². The predicted octanol–water partition coefficient (Wildman–Crippen LogP) is 18.6. The number of likely N-dealkylation sites (N-methyl/N-ethyl adjacent to an activating group) is 1. The minimum absolute atomic E-state index is 0.00286. The molecule has 0 amide bonds. The molecule has 0 aromatic carbocycles. The predicted molar refractivity (Wildman–Crippen MR) is 334 cm³/mol. The molecule has 0 saturated carbocycles. The fourth-order valence-corrected chi connectivity index (χ4v) is 7.44. The Balaban J connectivity index is 4.41. The third-order valence-corrected chi connectivity index (χ3v) is 12.1. The molecule has 78 heavy (non-hydrogen) atoms. The summed E-state index contributed by atoms with van der Waals surface area (Å²) in [6.07, 6.45) is 89.4. The topological polar surface area (TPSA) is 108 Å². The van der Waals surface area contributed by atoms with Gasteiger partial charge >= 0.3 is 19.8 Å². The lowest BCUT2D eigenvalue weighted by molar-refractivity contribution is -0.870. The number of quaternary nitrogens is 1. The van der Waals surface area contributed by atoms with Gasteiger partial charge in [0.1, 0.15) is 19.8 Å². The zero-order valence-electron chi connectivity index (χ0n) is 49.1. The molecule has 0 heterocycles. The van der Waals surface area contributed by atoms with Gasteiger partial charge in [-0.05, 0) is 135 Å². The van der Waals surface area contributed by atoms with Crippen LogP contribution < -0.4 is 0 Å². The fraction of sp³-hybridized carbons (Fsp3) is 0.500. The molecule has 1 N–H and O–H groups in total. The summed E-state index contributed by atoms with van der Waals surface area (Å²) in [6, 6.07) is 0. The number of hydrogen-bond donors (Lipinski definition) is 1. The molecule has 10 heteroatoms. The van der Waals surface area contributed by atoms with Gasteiger partial charge in [-0.2, -0.15) is 0 Å². The van der Waals surface area contributed by atoms with Crippen LogP contribution in [0.4, 0.5) is 0 Å². The molecule has 0 fully saturated rings. The van der Waals surface area contributed by atoms with E-state index in [-0.39, 0.29) is 26.1 Å². The molecule has 0 aliphatic rings. The molecule has 0 aromatic heterocycles. The molecule has 0 rings (SSSR count). The van der Waals surface area contributed by atoms with Crippen LogP contribution in [0.5, 0.6) is 0 Å². The first-order valence-electron chi connectivity index (χ1n) is 29.2. The Morgan fingerprint density at radius 2 is 0.705 bits per heavy atom. The number of esters is 2. The highest BCUT2D eigenvalue weighted by Crippen LogP contribution is 2.43. The van der Waals surface area contributed by atoms with Crippen LogP contribution in [-0.2, 0) is 32.7 Å². The summed E-state index contributed by atoms with van der Waals surface area (Å²) >= 11 is 0. The molecule has 0 saturated heterocycles. The smallest absolute Gasteiger partial charge is 0.462 e. The normalized spacial score (nSPS) is 14.7. The highest BCUT2D eigenvalue weighted by atomic mass is 31.2. The number of carbonyl (C=O) groups is 2. The summed E-state index contributed by atoms with van der Waals surface area (Å²) in [4.78, 5) is 35.7. The highest BCUT2D eigenvalue weighted by Gasteiger charge is 2.27. The van der Waals surface area contributed by atoms with Crippen molar-refractivity contribution in [1.82, 2.24) is 0 Å². The van der Waals surface area contributed by atoms with Crippen LogP contribution in [0.2, 0.25) is 0 Å². The molecule has 0 aliphatic carbocycles. The highest BCUT2D eigenvalue weighted by molar-refractivity contribution is 7.47. The minimum Gasteiger partial charge on any atom is -0.462 e. The molecule has 2 atom stereocenters. The first-order valence-corrected chi connectivity index (χ1v) is 30.7. The van der Waals surface area contributed by atoms with Crippen molar-refractivity contribution in [1.29, 1.82) is 0 Å². The number of phosphoric acid groups is 1. The van der Waals surface area contributed by atoms with Crippen LogP contribution in [0.25, 0.3) is 0 Å². The summed E-state index contributed by atoms with van der Waals surface area (Å²) in [5, 5.41) is 0. The van der Waals surface area contributed by atoms with Crippen molar-refractivity contribution in [3.63, 3.8) is 0 Å². The van der Waals surface area contributed by atoms with Gasteiger partial charge in [-0.25, -0.2) is 4.57 Å². The summed E-state index contributed by atoms with van der Waals surface area (Å²) in [6.45, 7) is 4.05. The molecule has 434 valence electrons. The molecule has 0 aliphatic heterocycles. The maximum Gasteiger partial charge on any atom is 0.472 e. The Bertz CT molecular complexity index is 2010. The lowest BCUT2D eigenvalue weighted by Gasteiger charge is -2.24. The second-order valence-electron chi connectivity index (χ2n) is 19.6. The number of nitrogens with zero attached hydrogens (tertiary/aromatic N) is 1. The molecule has 0 aromatic rings. The number of hydrogen-bond acceptors (Lipinski definition) is 7. The van der Waals surface area contributed by atoms with Crippen LogP contribution >= 0.6 is 7.82 Å². The molecule has 9 nitrogen and oxygen atoms in total. The van der Waals surface area contributed by atoms with E-state index in [0.29, 0.717) is 23.9 Å². The van der Waals surface area contributed by atoms with Crippen LogP contribution in [0, 0.1) is 0 Å². The van der Waals surface area contributed by atoms with Crippen LogP contribution in [0.1, 0.15) is 168 Å². The maximum absolute atomic E-state index is 12.8. The van der Waals surface area contributed by atoms with E-state index in [9.17, 15) is 19.0 Å². The quantitative estimate of drug-likeness (QED) is 0.0211. The number of allylic oxidation sites excluding steroid dienone is 32. The van der Waals surface area contributed by atoms with Crippen molar-refractivity contribution in [3.8, 4) is 0 Å². The van der Waals surface area contributed by atoms with E-state index in [0.717, 1.165) is 128 Å². The van der Waals surface area contributed by atoms with Crippen molar-refractivity contribution in [2.24, 2.45) is 0 Å². The SMILES string of the molecule is CC/C=C\C/C=C\C/C=C\C/C=C\C/C=C\C/C=C\C/C=C\C/C=C\C/C=C\CCCCCC(=O)OC(COC(=O)CCC/C=C\C/C=C\C/C=C\C/C=C\C/C=C\C/C=C\C/C=C\CC)COP(=O)(O)OCC[N+](C)(C)C. The minimum atomic E-state index is -4.43. The number of rotatable bonds is 50. The maximum atomic E-state index is 12.8. The van der Waals surface area contributed by atoms with E-state index in [1.54, 1.807) is 0 Å². The second kappa shape index (κ2) is 56.6. The van der Waals surface area contributed by atoms with Crippen molar-refractivity contribution in [3.05, 3.63) is 194 Å². The molecule has 2 unspecified atom stereocenters. The standard InChI is InChI=1S/C68H104NO8P/c1-6-8-10-12-14-16-18-20-22-24-26-28-30-31-32-33-34-35-36-37-39-41-43-45-47-49-51-53-55-57-59-61-68(71)77-66(65-76-78(72,73)75-63-62-69(3,4)5)64-74-67(70)60-58-56-54-52-50-48-46-44-42-40-38-29-27-25-23-21-19-17-15-13-11-9-7-2/h8-11,14-17,20-23,26-29,31-32,34-35,37,39-40,42-43,45-46,48-49,51-52,54,66H,6-7,12-13,18-19,24-25,30,33,36,38,41,44,47,50,53,55-65H2,1-5H3/p+1/b10-8-,11-9-,16-14-,17-15-,22-20-,23-21-,28-26-,29-27-,32-31-,35-34-,39-37-,42-40-,45-43-,48-46-,51-49-,54-52-. The van der Waals surface area contributed by atoms with Gasteiger partial charge in [0.05, 0.1) is 27.7 Å². The first-order chi connectivity index (χ1) is 38.0. The number of unbranched alkanes of at least 4 members (excludes halogenated alkanes) is 4. The number of carbonyl (C=O) groups excluding carboxylic acids is 2. The van der Waals surface area contributed by atoms with E-state index < -0.39 is 32.5 Å². The van der Waals surface area contributed by atoms with E-state index in [2.05, 4.69) is 208 Å². The van der Waals surface area contributed by atoms with Crippen LogP contribution in [0.3, 0.4) is 0 Å². The van der Waals surface area contributed by atoms with Gasteiger partial charge in [0.25, 0.3) is 0 Å². The number of phosphoric ester groups is 1. The summed E-state index contributed by atoms with van der Waals surface area (Å²) < 4.78 is 34.4. The number of ether oxygens (including phenoxy) is 2. The van der Waals surface area contributed by atoms with Gasteiger partial charge in [0.2, 0.25) is 0 Å². The average molecular weight is 1100 g/mol. The van der Waals surface area contributed by atoms with Gasteiger partial charge in [-0.1, -0.05) is 215 Å². The van der Waals surface area contributed by atoms with Gasteiger partial charge in [-0.15, -0.1) is 0 Å². The van der Waals surface area contributed by atoms with Crippen LogP contribution in [-0.4, -0.2) is 74.9 Å². The third-order valence-electron chi connectivity index (χ3n) is 11.1. The zero-order valence-corrected chi connectivity index (χ0v) is 49.9. The first kappa shape index (κ1) is 72.8. The average Bonchev–Trinajstić information content (AvgIpc) is 3.40. The molecule has 0 spiro atoms. The van der Waals surface area contributed by atoms with Gasteiger partial charge in [-0.3, -0.25) is 18.6 Å². The Hall–Kier alpha value is -5.15. The molecular formula is C68H105NO8P+. The monoisotopic (exact) mass is 1090 g/mol. The molecule has 0 bridgehead atoms. The van der Waals surface area contributed by atoms with Crippen LogP contribution in [0.15, 0.2) is 194 Å².